The Morgan fingerprint density at radius 2 is 1.02 bits per heavy atom. The molecule has 4 heterocycles. The second-order valence-corrected chi connectivity index (χ2v) is 14.5. The summed E-state index contributed by atoms with van der Waals surface area (Å²) >= 11 is 1.86. The van der Waals surface area contributed by atoms with Gasteiger partial charge in [-0.3, -0.25) is 0 Å². The molecule has 0 spiro atoms. The first kappa shape index (κ1) is 28.5. The summed E-state index contributed by atoms with van der Waals surface area (Å²) in [6.45, 7) is 0.827. The molecule has 0 unspecified atom stereocenters. The second kappa shape index (κ2) is 11.1. The molecule has 0 aliphatic carbocycles. The highest BCUT2D eigenvalue weighted by atomic mass is 32.1. The first-order valence-electron chi connectivity index (χ1n) is 17.5. The number of nitrogens with zero attached hydrogens (tertiary/aromatic N) is 2. The largest absolute Gasteiger partial charge is 0.379 e. The predicted molar refractivity (Wildman–Crippen MR) is 219 cm³/mol. The van der Waals surface area contributed by atoms with Crippen LogP contribution in [0.3, 0.4) is 0 Å². The van der Waals surface area contributed by atoms with Crippen LogP contribution in [0.2, 0.25) is 0 Å². The zero-order valence-corrected chi connectivity index (χ0v) is 28.5. The molecule has 240 valence electrons. The van der Waals surface area contributed by atoms with Crippen LogP contribution in [0.15, 0.2) is 164 Å². The van der Waals surface area contributed by atoms with Crippen molar-refractivity contribution in [1.82, 2.24) is 9.13 Å². The van der Waals surface area contributed by atoms with Gasteiger partial charge in [-0.1, -0.05) is 103 Å². The van der Waals surface area contributed by atoms with E-state index < -0.39 is 0 Å². The molecule has 0 amide bonds. The quantitative estimate of drug-likeness (QED) is 0.198. The molecule has 0 radical (unpaired) electrons. The fraction of sp³-hybridized carbons (Fsp3) is 0.0213. The molecule has 10 aromatic rings. The maximum Gasteiger partial charge on any atom is 0.0698 e. The third-order valence-corrected chi connectivity index (χ3v) is 11.6. The summed E-state index contributed by atoms with van der Waals surface area (Å²) in [5.74, 6) is 0. The van der Waals surface area contributed by atoms with Gasteiger partial charge in [0.25, 0.3) is 0 Å². The van der Waals surface area contributed by atoms with Crippen LogP contribution in [0.4, 0.5) is 5.69 Å². The Kier molecular flexibility index (Phi) is 6.18. The number of hydrogen-bond donors (Lipinski definition) is 1. The van der Waals surface area contributed by atoms with Gasteiger partial charge < -0.3 is 14.5 Å². The van der Waals surface area contributed by atoms with Gasteiger partial charge in [-0.05, 0) is 89.0 Å². The monoisotopic (exact) mass is 669 g/mol. The SMILES string of the molecule is C1=Cc2c(c3ccccc3n2-c2cc(-c3cccc(-c4ccc5sc6ccccc6c5c4)c3)cc(-n3c4ccccc4c4ccccc43)c2)NC1. The van der Waals surface area contributed by atoms with Crippen LogP contribution in [0.1, 0.15) is 5.69 Å². The Morgan fingerprint density at radius 3 is 1.78 bits per heavy atom. The summed E-state index contributed by atoms with van der Waals surface area (Å²) in [6, 6.07) is 58.1. The van der Waals surface area contributed by atoms with E-state index in [0.717, 1.165) is 17.9 Å². The van der Waals surface area contributed by atoms with Crippen molar-refractivity contribution in [3.05, 3.63) is 169 Å². The van der Waals surface area contributed by atoms with E-state index in [0.29, 0.717) is 0 Å². The molecule has 3 aromatic heterocycles. The summed E-state index contributed by atoms with van der Waals surface area (Å²) in [5, 5.41) is 10.1. The van der Waals surface area contributed by atoms with Crippen LogP contribution in [0.5, 0.6) is 0 Å². The highest BCUT2D eigenvalue weighted by Crippen LogP contribution is 2.41. The Bertz CT molecular complexity index is 2990. The van der Waals surface area contributed by atoms with Crippen LogP contribution in [-0.4, -0.2) is 15.7 Å². The molecule has 4 heteroatoms. The fourth-order valence-corrected chi connectivity index (χ4v) is 9.30. The van der Waals surface area contributed by atoms with Crippen LogP contribution in [0, 0.1) is 0 Å². The molecule has 1 N–H and O–H groups in total. The summed E-state index contributed by atoms with van der Waals surface area (Å²) in [7, 11) is 0. The Labute approximate surface area is 298 Å². The van der Waals surface area contributed by atoms with Gasteiger partial charge in [0.15, 0.2) is 0 Å². The summed E-state index contributed by atoms with van der Waals surface area (Å²) in [6.07, 6.45) is 4.48. The van der Waals surface area contributed by atoms with Crippen molar-refractivity contribution in [2.24, 2.45) is 0 Å². The summed E-state index contributed by atoms with van der Waals surface area (Å²) < 4.78 is 7.51. The maximum absolute atomic E-state index is 3.67. The highest BCUT2D eigenvalue weighted by Gasteiger charge is 2.20. The van der Waals surface area contributed by atoms with Gasteiger partial charge in [0.05, 0.1) is 27.9 Å². The van der Waals surface area contributed by atoms with Crippen LogP contribution >= 0.6 is 11.3 Å². The minimum absolute atomic E-state index is 0.827. The van der Waals surface area contributed by atoms with Gasteiger partial charge in [-0.2, -0.15) is 0 Å². The third-order valence-electron chi connectivity index (χ3n) is 10.5. The average Bonchev–Trinajstić information content (AvgIpc) is 3.85. The van der Waals surface area contributed by atoms with Gasteiger partial charge in [-0.25, -0.2) is 0 Å². The lowest BCUT2D eigenvalue weighted by molar-refractivity contribution is 1.08. The number of hydrogen-bond acceptors (Lipinski definition) is 2. The lowest BCUT2D eigenvalue weighted by Crippen LogP contribution is -2.06. The molecule has 0 fully saturated rings. The van der Waals surface area contributed by atoms with Crippen molar-refractivity contribution >= 4 is 76.0 Å². The summed E-state index contributed by atoms with van der Waals surface area (Å²) in [4.78, 5) is 0. The number of thiophene rings is 1. The van der Waals surface area contributed by atoms with Crippen LogP contribution in [-0.2, 0) is 0 Å². The molecule has 0 saturated heterocycles. The van der Waals surface area contributed by atoms with E-state index in [9.17, 15) is 0 Å². The third kappa shape index (κ3) is 4.37. The zero-order chi connectivity index (χ0) is 33.5. The molecule has 7 aromatic carbocycles. The molecule has 0 bridgehead atoms. The standard InChI is InChI=1S/C47H31N3S/c1-5-17-41-36(13-1)37-14-2-6-18-42(37)49(41)34-26-33(27-35(29-34)50-43-19-7-3-16-39(43)47-44(50)20-10-24-48-47)31-12-9-11-30(25-31)32-22-23-46-40(28-32)38-15-4-8-21-45(38)51-46/h1-23,25-29,48H,24H2. The normalized spacial score (nSPS) is 12.7. The van der Waals surface area contributed by atoms with Gasteiger partial charge in [0.2, 0.25) is 0 Å². The molecule has 11 rings (SSSR count). The van der Waals surface area contributed by atoms with Crippen molar-refractivity contribution in [2.75, 3.05) is 11.9 Å². The number of rotatable bonds is 4. The number of aromatic nitrogens is 2. The minimum Gasteiger partial charge on any atom is -0.379 e. The van der Waals surface area contributed by atoms with E-state index in [1.165, 1.54) is 86.5 Å². The summed E-state index contributed by atoms with van der Waals surface area (Å²) in [5.41, 5.74) is 13.0. The maximum atomic E-state index is 3.67. The Morgan fingerprint density at radius 1 is 0.431 bits per heavy atom. The number of benzene rings is 7. The van der Waals surface area contributed by atoms with E-state index in [1.807, 2.05) is 11.3 Å². The van der Waals surface area contributed by atoms with E-state index >= 15 is 0 Å². The van der Waals surface area contributed by atoms with E-state index in [4.69, 9.17) is 0 Å². The van der Waals surface area contributed by atoms with Crippen molar-refractivity contribution in [3.63, 3.8) is 0 Å². The van der Waals surface area contributed by atoms with E-state index in [-0.39, 0.29) is 0 Å². The smallest absolute Gasteiger partial charge is 0.0698 e. The van der Waals surface area contributed by atoms with Gasteiger partial charge >= 0.3 is 0 Å². The van der Waals surface area contributed by atoms with Crippen LogP contribution < -0.4 is 5.32 Å². The molecule has 0 saturated carbocycles. The van der Waals surface area contributed by atoms with Crippen molar-refractivity contribution in [2.45, 2.75) is 0 Å². The van der Waals surface area contributed by atoms with Gasteiger partial charge in [0, 0.05) is 54.3 Å². The molecule has 1 aliphatic heterocycles. The highest BCUT2D eigenvalue weighted by molar-refractivity contribution is 7.25. The van der Waals surface area contributed by atoms with Crippen LogP contribution in [0.25, 0.3) is 92.6 Å². The van der Waals surface area contributed by atoms with Crippen molar-refractivity contribution in [3.8, 4) is 33.6 Å². The average molecular weight is 670 g/mol. The van der Waals surface area contributed by atoms with Crippen molar-refractivity contribution in [1.29, 1.82) is 0 Å². The lowest BCUT2D eigenvalue weighted by atomic mass is 9.97. The topological polar surface area (TPSA) is 21.9 Å². The fourth-order valence-electron chi connectivity index (χ4n) is 8.22. The lowest BCUT2D eigenvalue weighted by Gasteiger charge is -2.18. The first-order chi connectivity index (χ1) is 25.3. The second-order valence-electron chi connectivity index (χ2n) is 13.4. The predicted octanol–water partition coefficient (Wildman–Crippen LogP) is 12.9. The minimum atomic E-state index is 0.827. The number of nitrogens with one attached hydrogen (secondary N) is 1. The Hall–Kier alpha value is -6.36. The zero-order valence-electron chi connectivity index (χ0n) is 27.7. The van der Waals surface area contributed by atoms with E-state index in [2.05, 4.69) is 184 Å². The molecule has 3 nitrogen and oxygen atoms in total. The molecule has 51 heavy (non-hydrogen) atoms. The molecule has 1 aliphatic rings. The van der Waals surface area contributed by atoms with Gasteiger partial charge in [0.1, 0.15) is 0 Å². The Balaban J connectivity index is 1.16. The molecule has 0 atom stereocenters. The first-order valence-corrected chi connectivity index (χ1v) is 18.3. The van der Waals surface area contributed by atoms with Crippen molar-refractivity contribution < 1.29 is 0 Å². The molecular formula is C47H31N3S. The number of fused-ring (bicyclic) bond motifs is 9. The number of para-hydroxylation sites is 3. The van der Waals surface area contributed by atoms with Gasteiger partial charge in [-0.15, -0.1) is 11.3 Å². The van der Waals surface area contributed by atoms with E-state index in [1.54, 1.807) is 0 Å². The molecular weight excluding hydrogens is 639 g/mol. The number of anilines is 1.